The minimum absolute atomic E-state index is 0.0335. The number of esters is 1. The molecular formula is C22H29N2O4+. The summed E-state index contributed by atoms with van der Waals surface area (Å²) in [6.07, 6.45) is 2.28. The molecule has 6 heteroatoms. The molecule has 3 rings (SSSR count). The molecule has 28 heavy (non-hydrogen) atoms. The summed E-state index contributed by atoms with van der Waals surface area (Å²) in [5, 5.41) is 0. The van der Waals surface area contributed by atoms with Gasteiger partial charge in [-0.25, -0.2) is 4.79 Å². The monoisotopic (exact) mass is 385 g/mol. The fourth-order valence-electron chi connectivity index (χ4n) is 3.87. The second-order valence-corrected chi connectivity index (χ2v) is 7.58. The molecule has 0 bridgehead atoms. The first-order chi connectivity index (χ1) is 13.4. The number of ether oxygens (including phenoxy) is 2. The van der Waals surface area contributed by atoms with Crippen LogP contribution >= 0.6 is 0 Å². The van der Waals surface area contributed by atoms with Crippen LogP contribution in [-0.2, 0) is 11.3 Å². The summed E-state index contributed by atoms with van der Waals surface area (Å²) in [5.74, 6) is 0.447. The molecule has 1 aliphatic rings. The number of H-pyrrole nitrogens is 1. The quantitative estimate of drug-likeness (QED) is 0.540. The van der Waals surface area contributed by atoms with Crippen molar-refractivity contribution in [3.63, 3.8) is 0 Å². The number of carbonyl (C=O) groups excluding carboxylic acids is 2. The Balaban J connectivity index is 1.82. The summed E-state index contributed by atoms with van der Waals surface area (Å²) in [6.45, 7) is 6.36. The van der Waals surface area contributed by atoms with E-state index in [2.05, 4.69) is 17.1 Å². The molecule has 1 saturated carbocycles. The van der Waals surface area contributed by atoms with Crippen molar-refractivity contribution in [1.82, 2.24) is 4.98 Å². The molecule has 1 heterocycles. The van der Waals surface area contributed by atoms with Gasteiger partial charge < -0.3 is 19.4 Å². The summed E-state index contributed by atoms with van der Waals surface area (Å²) in [5.41, 5.74) is 3.49. The molecule has 0 spiro atoms. The number of quaternary nitrogens is 1. The van der Waals surface area contributed by atoms with E-state index in [4.69, 9.17) is 9.47 Å². The number of hydrogen-bond donors (Lipinski definition) is 2. The summed E-state index contributed by atoms with van der Waals surface area (Å²) in [6, 6.07) is 8.30. The third-order valence-corrected chi connectivity index (χ3v) is 5.69. The van der Waals surface area contributed by atoms with Gasteiger partial charge in [-0.05, 0) is 50.6 Å². The second kappa shape index (κ2) is 8.19. The van der Waals surface area contributed by atoms with E-state index in [1.807, 2.05) is 19.1 Å². The van der Waals surface area contributed by atoms with Crippen LogP contribution in [-0.4, -0.2) is 43.0 Å². The first-order valence-corrected chi connectivity index (χ1v) is 9.67. The molecule has 1 aliphatic carbocycles. The zero-order valence-corrected chi connectivity index (χ0v) is 17.2. The first-order valence-electron chi connectivity index (χ1n) is 9.67. The second-order valence-electron chi connectivity index (χ2n) is 7.58. The van der Waals surface area contributed by atoms with Gasteiger partial charge in [0.25, 0.3) is 0 Å². The van der Waals surface area contributed by atoms with Crippen LogP contribution in [0.25, 0.3) is 0 Å². The highest BCUT2D eigenvalue weighted by Gasteiger charge is 2.40. The normalized spacial score (nSPS) is 15.8. The lowest BCUT2D eigenvalue weighted by atomic mass is 10.0. The molecular weight excluding hydrogens is 356 g/mol. The van der Waals surface area contributed by atoms with Gasteiger partial charge in [0.2, 0.25) is 5.78 Å². The maximum atomic E-state index is 13.3. The number of carbonyl (C=O) groups is 2. The van der Waals surface area contributed by atoms with Gasteiger partial charge in [-0.15, -0.1) is 0 Å². The molecule has 0 aliphatic heterocycles. The first kappa shape index (κ1) is 20.1. The zero-order valence-electron chi connectivity index (χ0n) is 17.2. The van der Waals surface area contributed by atoms with Gasteiger partial charge in [0.15, 0.2) is 6.04 Å². The summed E-state index contributed by atoms with van der Waals surface area (Å²) in [7, 11) is 3.01. The van der Waals surface area contributed by atoms with Crippen molar-refractivity contribution in [3.05, 3.63) is 52.3 Å². The average molecular weight is 385 g/mol. The number of ketones is 1. The Bertz CT molecular complexity index is 865. The molecule has 150 valence electrons. The fraction of sp³-hybridized carbons (Fsp3) is 0.455. The van der Waals surface area contributed by atoms with Crippen molar-refractivity contribution in [2.75, 3.05) is 14.2 Å². The highest BCUT2D eigenvalue weighted by atomic mass is 16.5. The van der Waals surface area contributed by atoms with E-state index in [0.29, 0.717) is 28.6 Å². The largest absolute Gasteiger partial charge is 0.497 e. The van der Waals surface area contributed by atoms with E-state index in [1.165, 1.54) is 17.6 Å². The molecule has 6 nitrogen and oxygen atoms in total. The predicted molar refractivity (Wildman–Crippen MR) is 106 cm³/mol. The molecule has 1 fully saturated rings. The minimum atomic E-state index is -0.414. The highest BCUT2D eigenvalue weighted by molar-refractivity contribution is 6.03. The third kappa shape index (κ3) is 3.97. The van der Waals surface area contributed by atoms with Crippen LogP contribution in [0.2, 0.25) is 0 Å². The number of methoxy groups -OCH3 is 2. The maximum Gasteiger partial charge on any atom is 0.339 e. The lowest BCUT2D eigenvalue weighted by Crippen LogP contribution is -3.16. The van der Waals surface area contributed by atoms with Crippen LogP contribution in [0.1, 0.15) is 57.4 Å². The number of hydrogen-bond acceptors (Lipinski definition) is 4. The van der Waals surface area contributed by atoms with Crippen LogP contribution in [0.4, 0.5) is 0 Å². The van der Waals surface area contributed by atoms with E-state index in [1.54, 1.807) is 21.0 Å². The van der Waals surface area contributed by atoms with E-state index >= 15 is 0 Å². The van der Waals surface area contributed by atoms with Crippen molar-refractivity contribution in [3.8, 4) is 5.75 Å². The Morgan fingerprint density at radius 1 is 1.18 bits per heavy atom. The molecule has 2 N–H and O–H groups in total. The Kier molecular flexibility index (Phi) is 5.89. The van der Waals surface area contributed by atoms with Crippen molar-refractivity contribution >= 4 is 11.8 Å². The van der Waals surface area contributed by atoms with Crippen molar-refractivity contribution in [1.29, 1.82) is 0 Å². The number of aryl methyl sites for hydroxylation is 1. The lowest BCUT2D eigenvalue weighted by Gasteiger charge is -2.25. The molecule has 0 radical (unpaired) electrons. The maximum absolute atomic E-state index is 13.3. The van der Waals surface area contributed by atoms with Gasteiger partial charge in [-0.2, -0.15) is 0 Å². The van der Waals surface area contributed by atoms with Gasteiger partial charge in [0.05, 0.1) is 31.5 Å². The highest BCUT2D eigenvalue weighted by Crippen LogP contribution is 2.22. The minimum Gasteiger partial charge on any atom is -0.497 e. The molecule has 2 atom stereocenters. The van der Waals surface area contributed by atoms with Crippen LogP contribution < -0.4 is 9.64 Å². The topological polar surface area (TPSA) is 72.8 Å². The van der Waals surface area contributed by atoms with Gasteiger partial charge in [0.1, 0.15) is 12.3 Å². The number of aromatic nitrogens is 1. The number of nitrogens with one attached hydrogen (secondary N) is 2. The fourth-order valence-corrected chi connectivity index (χ4v) is 3.87. The Morgan fingerprint density at radius 2 is 1.82 bits per heavy atom. The van der Waals surface area contributed by atoms with Crippen molar-refractivity contribution in [2.24, 2.45) is 0 Å². The van der Waals surface area contributed by atoms with Gasteiger partial charge in [0, 0.05) is 24.1 Å². The number of rotatable bonds is 8. The standard InChI is InChI=1S/C22H28N2O4/c1-13-19(22(26)28-5)14(2)23-20(13)21(25)15(3)24(17-8-9-17)12-16-6-10-18(27-4)11-7-16/h6-7,10-11,15,17,23H,8-9,12H2,1-5H3/p+1/t15-/m0/s1. The molecule has 1 unspecified atom stereocenters. The van der Waals surface area contributed by atoms with Gasteiger partial charge >= 0.3 is 5.97 Å². The Hall–Kier alpha value is -2.60. The van der Waals surface area contributed by atoms with E-state index in [9.17, 15) is 9.59 Å². The van der Waals surface area contributed by atoms with Crippen LogP contribution in [0.15, 0.2) is 24.3 Å². The van der Waals surface area contributed by atoms with E-state index in [-0.39, 0.29) is 11.8 Å². The Labute approximate surface area is 165 Å². The van der Waals surface area contributed by atoms with Crippen molar-refractivity contribution in [2.45, 2.75) is 52.2 Å². The van der Waals surface area contributed by atoms with Gasteiger partial charge in [-0.1, -0.05) is 0 Å². The number of benzene rings is 1. The van der Waals surface area contributed by atoms with Crippen molar-refractivity contribution < 1.29 is 24.0 Å². The summed E-state index contributed by atoms with van der Waals surface area (Å²) >= 11 is 0. The molecule has 0 saturated heterocycles. The predicted octanol–water partition coefficient (Wildman–Crippen LogP) is 2.25. The lowest BCUT2D eigenvalue weighted by molar-refractivity contribution is -0.938. The number of aromatic amines is 1. The van der Waals surface area contributed by atoms with Crippen LogP contribution in [0, 0.1) is 13.8 Å². The van der Waals surface area contributed by atoms with E-state index < -0.39 is 5.97 Å². The van der Waals surface area contributed by atoms with Crippen LogP contribution in [0.5, 0.6) is 5.75 Å². The Morgan fingerprint density at radius 3 is 2.36 bits per heavy atom. The smallest absolute Gasteiger partial charge is 0.339 e. The van der Waals surface area contributed by atoms with E-state index in [0.717, 1.165) is 25.1 Å². The van der Waals surface area contributed by atoms with Gasteiger partial charge in [-0.3, -0.25) is 4.79 Å². The van der Waals surface area contributed by atoms with Crippen LogP contribution in [0.3, 0.4) is 0 Å². The SMILES string of the molecule is COC(=O)c1c(C)[nH]c(C(=O)[C@H](C)[NH+](Cc2ccc(OC)cc2)C2CC2)c1C. The summed E-state index contributed by atoms with van der Waals surface area (Å²) < 4.78 is 10.1. The molecule has 1 aromatic carbocycles. The third-order valence-electron chi connectivity index (χ3n) is 5.69. The molecule has 2 aromatic rings. The summed E-state index contributed by atoms with van der Waals surface area (Å²) in [4.78, 5) is 29.7. The molecule has 0 amide bonds. The molecule has 1 aromatic heterocycles. The zero-order chi connectivity index (χ0) is 20.4. The number of Topliss-reactive ketones (excluding diaryl/α,β-unsaturated/α-hetero) is 1. The average Bonchev–Trinajstić information content (AvgIpc) is 3.50.